The number of nitrogens with one attached hydrogen (secondary N) is 1. The van der Waals surface area contributed by atoms with E-state index < -0.39 is 0 Å². The van der Waals surface area contributed by atoms with Gasteiger partial charge in [0.05, 0.1) is 7.11 Å². The molecular formula is C18H25NOS. The van der Waals surface area contributed by atoms with E-state index in [0.29, 0.717) is 12.1 Å². The van der Waals surface area contributed by atoms with Crippen LogP contribution in [0.5, 0.6) is 5.75 Å². The first kappa shape index (κ1) is 16.1. The molecule has 0 spiro atoms. The van der Waals surface area contributed by atoms with Gasteiger partial charge in [0.25, 0.3) is 0 Å². The molecule has 2 unspecified atom stereocenters. The average molecular weight is 303 g/mol. The van der Waals surface area contributed by atoms with Crippen molar-refractivity contribution in [3.05, 3.63) is 51.7 Å². The molecule has 2 rings (SSSR count). The summed E-state index contributed by atoms with van der Waals surface area (Å²) in [4.78, 5) is 2.84. The number of methoxy groups -OCH3 is 1. The van der Waals surface area contributed by atoms with Crippen LogP contribution in [0.2, 0.25) is 0 Å². The summed E-state index contributed by atoms with van der Waals surface area (Å²) in [6.07, 6.45) is 2.08. The predicted octanol–water partition coefficient (Wildman–Crippen LogP) is 4.22. The van der Waals surface area contributed by atoms with Crippen LogP contribution < -0.4 is 10.1 Å². The highest BCUT2D eigenvalue weighted by Gasteiger charge is 2.12. The Hall–Kier alpha value is -1.32. The summed E-state index contributed by atoms with van der Waals surface area (Å²) in [6, 6.07) is 13.6. The van der Waals surface area contributed by atoms with Crippen LogP contribution in [0.25, 0.3) is 0 Å². The van der Waals surface area contributed by atoms with E-state index >= 15 is 0 Å². The van der Waals surface area contributed by atoms with Crippen molar-refractivity contribution < 1.29 is 4.74 Å². The molecule has 0 amide bonds. The van der Waals surface area contributed by atoms with Gasteiger partial charge in [0.2, 0.25) is 0 Å². The van der Waals surface area contributed by atoms with E-state index in [1.165, 1.54) is 15.3 Å². The van der Waals surface area contributed by atoms with E-state index in [2.05, 4.69) is 50.4 Å². The molecule has 0 saturated carbocycles. The Morgan fingerprint density at radius 1 is 1.05 bits per heavy atom. The fraction of sp³-hybridized carbons (Fsp3) is 0.444. The maximum atomic E-state index is 5.42. The van der Waals surface area contributed by atoms with Crippen LogP contribution in [-0.2, 0) is 12.8 Å². The second-order valence-electron chi connectivity index (χ2n) is 5.70. The Balaban J connectivity index is 1.87. The molecule has 0 radical (unpaired) electrons. The Kier molecular flexibility index (Phi) is 5.83. The third kappa shape index (κ3) is 4.87. The Morgan fingerprint density at radius 2 is 1.76 bits per heavy atom. The van der Waals surface area contributed by atoms with Gasteiger partial charge in [-0.3, -0.25) is 0 Å². The van der Waals surface area contributed by atoms with Crippen LogP contribution in [0, 0.1) is 6.92 Å². The van der Waals surface area contributed by atoms with Crippen LogP contribution >= 0.6 is 11.3 Å². The van der Waals surface area contributed by atoms with E-state index in [0.717, 1.165) is 18.6 Å². The number of benzene rings is 1. The lowest BCUT2D eigenvalue weighted by Crippen LogP contribution is -2.37. The molecule has 2 nitrogen and oxygen atoms in total. The van der Waals surface area contributed by atoms with Crippen molar-refractivity contribution in [1.82, 2.24) is 5.32 Å². The zero-order chi connectivity index (χ0) is 15.2. The van der Waals surface area contributed by atoms with Crippen molar-refractivity contribution in [3.8, 4) is 5.75 Å². The van der Waals surface area contributed by atoms with Gasteiger partial charge in [-0.2, -0.15) is 0 Å². The van der Waals surface area contributed by atoms with Gasteiger partial charge in [-0.15, -0.1) is 11.3 Å². The average Bonchev–Trinajstić information content (AvgIpc) is 2.84. The number of ether oxygens (including phenoxy) is 1. The summed E-state index contributed by atoms with van der Waals surface area (Å²) in [5.41, 5.74) is 1.26. The van der Waals surface area contributed by atoms with Gasteiger partial charge in [0, 0.05) is 21.8 Å². The smallest absolute Gasteiger partial charge is 0.122 e. The fourth-order valence-electron chi connectivity index (χ4n) is 2.70. The molecule has 0 bridgehead atoms. The fourth-order valence-corrected chi connectivity index (χ4v) is 3.72. The second kappa shape index (κ2) is 7.62. The molecule has 2 atom stereocenters. The van der Waals surface area contributed by atoms with E-state index in [4.69, 9.17) is 4.74 Å². The summed E-state index contributed by atoms with van der Waals surface area (Å²) in [6.45, 7) is 6.66. The molecule has 0 fully saturated rings. The number of hydrogen-bond donors (Lipinski definition) is 1. The largest absolute Gasteiger partial charge is 0.496 e. The summed E-state index contributed by atoms with van der Waals surface area (Å²) < 4.78 is 5.42. The van der Waals surface area contributed by atoms with Crippen molar-refractivity contribution in [2.24, 2.45) is 0 Å². The molecule has 1 aromatic heterocycles. The minimum atomic E-state index is 0.428. The molecule has 0 aliphatic heterocycles. The topological polar surface area (TPSA) is 21.3 Å². The second-order valence-corrected chi connectivity index (χ2v) is 7.07. The van der Waals surface area contributed by atoms with Gasteiger partial charge < -0.3 is 10.1 Å². The van der Waals surface area contributed by atoms with Crippen molar-refractivity contribution in [1.29, 1.82) is 0 Å². The van der Waals surface area contributed by atoms with Gasteiger partial charge in [-0.05, 0) is 57.4 Å². The van der Waals surface area contributed by atoms with Gasteiger partial charge >= 0.3 is 0 Å². The molecule has 3 heteroatoms. The van der Waals surface area contributed by atoms with Crippen LogP contribution in [-0.4, -0.2) is 19.2 Å². The summed E-state index contributed by atoms with van der Waals surface area (Å²) in [7, 11) is 1.73. The lowest BCUT2D eigenvalue weighted by atomic mass is 10.0. The van der Waals surface area contributed by atoms with Gasteiger partial charge in [-0.25, -0.2) is 0 Å². The molecule has 1 N–H and O–H groups in total. The molecule has 2 aromatic rings. The quantitative estimate of drug-likeness (QED) is 0.827. The number of thiophene rings is 1. The van der Waals surface area contributed by atoms with Gasteiger partial charge in [0.15, 0.2) is 0 Å². The predicted molar refractivity (Wildman–Crippen MR) is 91.5 cm³/mol. The van der Waals surface area contributed by atoms with Gasteiger partial charge in [0.1, 0.15) is 5.75 Å². The molecular weight excluding hydrogens is 278 g/mol. The van der Waals surface area contributed by atoms with Gasteiger partial charge in [-0.1, -0.05) is 18.2 Å². The molecule has 21 heavy (non-hydrogen) atoms. The first-order valence-corrected chi connectivity index (χ1v) is 8.33. The van der Waals surface area contributed by atoms with E-state index in [1.807, 2.05) is 23.5 Å². The maximum Gasteiger partial charge on any atom is 0.122 e. The number of para-hydroxylation sites is 1. The summed E-state index contributed by atoms with van der Waals surface area (Å²) in [5, 5.41) is 3.69. The summed E-state index contributed by atoms with van der Waals surface area (Å²) >= 11 is 1.89. The third-order valence-corrected chi connectivity index (χ3v) is 4.61. The van der Waals surface area contributed by atoms with Crippen LogP contribution in [0.15, 0.2) is 36.4 Å². The normalized spacial score (nSPS) is 13.9. The Morgan fingerprint density at radius 3 is 2.43 bits per heavy atom. The third-order valence-electron chi connectivity index (χ3n) is 3.59. The maximum absolute atomic E-state index is 5.42. The molecule has 0 aliphatic rings. The lowest BCUT2D eigenvalue weighted by molar-refractivity contribution is 0.402. The van der Waals surface area contributed by atoms with Crippen LogP contribution in [0.1, 0.15) is 29.2 Å². The van der Waals surface area contributed by atoms with Crippen molar-refractivity contribution >= 4 is 11.3 Å². The van der Waals surface area contributed by atoms with E-state index in [-0.39, 0.29) is 0 Å². The molecule has 1 heterocycles. The Labute approximate surface area is 132 Å². The SMILES string of the molecule is COc1ccccc1CC(C)NC(C)Cc1ccc(C)s1. The lowest BCUT2D eigenvalue weighted by Gasteiger charge is -2.20. The van der Waals surface area contributed by atoms with E-state index in [1.54, 1.807) is 7.11 Å². The summed E-state index contributed by atoms with van der Waals surface area (Å²) in [5.74, 6) is 0.979. The molecule has 1 aromatic carbocycles. The Bertz CT molecular complexity index is 564. The van der Waals surface area contributed by atoms with Crippen LogP contribution in [0.3, 0.4) is 0 Å². The number of rotatable bonds is 7. The highest BCUT2D eigenvalue weighted by molar-refractivity contribution is 7.11. The van der Waals surface area contributed by atoms with Crippen molar-refractivity contribution in [2.45, 2.75) is 45.7 Å². The first-order chi connectivity index (χ1) is 10.1. The zero-order valence-electron chi connectivity index (χ0n) is 13.3. The highest BCUT2D eigenvalue weighted by atomic mass is 32.1. The molecule has 0 aliphatic carbocycles. The minimum absolute atomic E-state index is 0.428. The minimum Gasteiger partial charge on any atom is -0.496 e. The number of hydrogen-bond acceptors (Lipinski definition) is 3. The standard InChI is InChI=1S/C18H25NOS/c1-13(11-16-7-5-6-8-18(16)20-4)19-14(2)12-17-10-9-15(3)21-17/h5-10,13-14,19H,11-12H2,1-4H3. The van der Waals surface area contributed by atoms with Crippen molar-refractivity contribution in [2.75, 3.05) is 7.11 Å². The molecule has 0 saturated heterocycles. The molecule has 114 valence electrons. The highest BCUT2D eigenvalue weighted by Crippen LogP contribution is 2.20. The number of aryl methyl sites for hydroxylation is 1. The first-order valence-electron chi connectivity index (χ1n) is 7.51. The van der Waals surface area contributed by atoms with E-state index in [9.17, 15) is 0 Å². The van der Waals surface area contributed by atoms with Crippen molar-refractivity contribution in [3.63, 3.8) is 0 Å². The van der Waals surface area contributed by atoms with Crippen LogP contribution in [0.4, 0.5) is 0 Å². The monoisotopic (exact) mass is 303 g/mol. The zero-order valence-corrected chi connectivity index (χ0v) is 14.2.